The third kappa shape index (κ3) is 3.81. The van der Waals surface area contributed by atoms with Crippen LogP contribution in [-0.4, -0.2) is 80.1 Å². The fourth-order valence-corrected chi connectivity index (χ4v) is 6.71. The second-order valence-corrected chi connectivity index (χ2v) is 11.1. The van der Waals surface area contributed by atoms with Crippen molar-refractivity contribution in [3.63, 3.8) is 0 Å². The molecule has 0 spiro atoms. The van der Waals surface area contributed by atoms with Crippen molar-refractivity contribution in [1.29, 1.82) is 0 Å². The molecular formula is C15H26N4O5S2. The first-order valence-electron chi connectivity index (χ1n) is 8.84. The molecule has 2 saturated heterocycles. The van der Waals surface area contributed by atoms with E-state index in [0.717, 1.165) is 0 Å². The van der Waals surface area contributed by atoms with Gasteiger partial charge in [0.1, 0.15) is 5.82 Å². The van der Waals surface area contributed by atoms with Crippen molar-refractivity contribution in [3.05, 3.63) is 12.0 Å². The second-order valence-electron chi connectivity index (χ2n) is 6.97. The van der Waals surface area contributed by atoms with Gasteiger partial charge in [-0.15, -0.1) is 0 Å². The maximum atomic E-state index is 12.9. The summed E-state index contributed by atoms with van der Waals surface area (Å²) in [6.45, 7) is 5.52. The average Bonchev–Trinajstić information content (AvgIpc) is 3.14. The van der Waals surface area contributed by atoms with E-state index in [2.05, 4.69) is 9.97 Å². The predicted octanol–water partition coefficient (Wildman–Crippen LogP) is 0.348. The summed E-state index contributed by atoms with van der Waals surface area (Å²) in [5, 5.41) is -0.706. The molecule has 2 aliphatic rings. The van der Waals surface area contributed by atoms with E-state index in [-0.39, 0.29) is 17.5 Å². The smallest absolute Gasteiger partial charge is 0.260 e. The second kappa shape index (κ2) is 7.55. The average molecular weight is 407 g/mol. The van der Waals surface area contributed by atoms with Gasteiger partial charge >= 0.3 is 0 Å². The summed E-state index contributed by atoms with van der Waals surface area (Å²) < 4.78 is 59.4. The number of nitrogens with one attached hydrogen (secondary N) is 1. The molecule has 0 aromatic carbocycles. The van der Waals surface area contributed by atoms with E-state index < -0.39 is 25.3 Å². The number of imidazole rings is 1. The highest BCUT2D eigenvalue weighted by atomic mass is 32.2. The Bertz CT molecular complexity index is 828. The number of hydrogen-bond donors (Lipinski definition) is 1. The minimum Gasteiger partial charge on any atom is -0.379 e. The van der Waals surface area contributed by atoms with Crippen molar-refractivity contribution in [2.45, 2.75) is 42.9 Å². The SMILES string of the molecule is CC(C)c1ncc(S(=O)(=O)N2CCC[C@H](S(=O)(=O)N3CCOCC3)C2)[nH]1. The van der Waals surface area contributed by atoms with E-state index in [1.807, 2.05) is 13.8 Å². The highest BCUT2D eigenvalue weighted by molar-refractivity contribution is 7.90. The van der Waals surface area contributed by atoms with Crippen LogP contribution in [0.2, 0.25) is 0 Å². The largest absolute Gasteiger partial charge is 0.379 e. The van der Waals surface area contributed by atoms with Gasteiger partial charge in [-0.3, -0.25) is 0 Å². The van der Waals surface area contributed by atoms with Crippen molar-refractivity contribution < 1.29 is 21.6 Å². The number of hydrogen-bond acceptors (Lipinski definition) is 6. The molecular weight excluding hydrogens is 380 g/mol. The molecule has 0 amide bonds. The summed E-state index contributed by atoms with van der Waals surface area (Å²) in [6.07, 6.45) is 2.29. The Kier molecular flexibility index (Phi) is 5.73. The molecule has 3 heterocycles. The molecule has 9 nitrogen and oxygen atoms in total. The van der Waals surface area contributed by atoms with Crippen LogP contribution in [0.25, 0.3) is 0 Å². The van der Waals surface area contributed by atoms with Crippen molar-refractivity contribution in [1.82, 2.24) is 18.6 Å². The van der Waals surface area contributed by atoms with E-state index in [0.29, 0.717) is 51.5 Å². The lowest BCUT2D eigenvalue weighted by atomic mass is 10.2. The Morgan fingerprint density at radius 2 is 1.85 bits per heavy atom. The van der Waals surface area contributed by atoms with Gasteiger partial charge in [-0.05, 0) is 12.8 Å². The lowest BCUT2D eigenvalue weighted by molar-refractivity contribution is 0.0722. The molecule has 0 aliphatic carbocycles. The van der Waals surface area contributed by atoms with E-state index in [4.69, 9.17) is 4.74 Å². The molecule has 1 N–H and O–H groups in total. The first-order valence-corrected chi connectivity index (χ1v) is 11.8. The third-order valence-electron chi connectivity index (χ3n) is 4.83. The number of aromatic nitrogens is 2. The number of H-pyrrole nitrogens is 1. The Morgan fingerprint density at radius 1 is 1.15 bits per heavy atom. The van der Waals surface area contributed by atoms with Gasteiger partial charge in [-0.25, -0.2) is 21.8 Å². The van der Waals surface area contributed by atoms with Crippen LogP contribution in [-0.2, 0) is 24.8 Å². The monoisotopic (exact) mass is 406 g/mol. The zero-order valence-corrected chi connectivity index (χ0v) is 16.7. The molecule has 1 aromatic heterocycles. The maximum absolute atomic E-state index is 12.9. The molecule has 0 radical (unpaired) electrons. The van der Waals surface area contributed by atoms with Gasteiger partial charge in [-0.1, -0.05) is 13.8 Å². The summed E-state index contributed by atoms with van der Waals surface area (Å²) in [5.41, 5.74) is 0. The fourth-order valence-electron chi connectivity index (χ4n) is 3.26. The topological polar surface area (TPSA) is 113 Å². The highest BCUT2D eigenvalue weighted by Crippen LogP contribution is 2.26. The van der Waals surface area contributed by atoms with Crippen LogP contribution >= 0.6 is 0 Å². The predicted molar refractivity (Wildman–Crippen MR) is 95.8 cm³/mol. The van der Waals surface area contributed by atoms with Gasteiger partial charge in [0, 0.05) is 32.1 Å². The third-order valence-corrected chi connectivity index (χ3v) is 8.92. The molecule has 1 aromatic rings. The summed E-state index contributed by atoms with van der Waals surface area (Å²) >= 11 is 0. The molecule has 3 rings (SSSR count). The molecule has 148 valence electrons. The number of rotatable bonds is 5. The lowest BCUT2D eigenvalue weighted by Crippen LogP contribution is -2.51. The normalized spacial score (nSPS) is 24.2. The van der Waals surface area contributed by atoms with Gasteiger partial charge in [0.2, 0.25) is 10.0 Å². The maximum Gasteiger partial charge on any atom is 0.260 e. The Labute approximate surface area is 154 Å². The number of piperidine rings is 1. The lowest BCUT2D eigenvalue weighted by Gasteiger charge is -2.35. The first kappa shape index (κ1) is 19.7. The van der Waals surface area contributed by atoms with Crippen molar-refractivity contribution in [3.8, 4) is 0 Å². The van der Waals surface area contributed by atoms with Crippen LogP contribution in [0.1, 0.15) is 38.4 Å². The van der Waals surface area contributed by atoms with E-state index in [9.17, 15) is 16.8 Å². The zero-order chi connectivity index (χ0) is 18.9. The Morgan fingerprint density at radius 3 is 2.46 bits per heavy atom. The van der Waals surface area contributed by atoms with Crippen LogP contribution in [0.4, 0.5) is 0 Å². The van der Waals surface area contributed by atoms with Crippen molar-refractivity contribution >= 4 is 20.0 Å². The summed E-state index contributed by atoms with van der Waals surface area (Å²) in [6, 6.07) is 0. The van der Waals surface area contributed by atoms with Crippen molar-refractivity contribution in [2.24, 2.45) is 0 Å². The van der Waals surface area contributed by atoms with Crippen LogP contribution in [0.5, 0.6) is 0 Å². The molecule has 26 heavy (non-hydrogen) atoms. The number of ether oxygens (including phenoxy) is 1. The molecule has 2 aliphatic heterocycles. The number of morpholine rings is 1. The Hall–Kier alpha value is -1.01. The standard InChI is InChI=1S/C15H26N4O5S2/c1-12(2)15-16-10-14(17-15)26(22,23)19-5-3-4-13(11-19)25(20,21)18-6-8-24-9-7-18/h10,12-13H,3-9,11H2,1-2H3,(H,16,17)/t13-/m0/s1. The number of nitrogens with zero attached hydrogens (tertiary/aromatic N) is 3. The van der Waals surface area contributed by atoms with E-state index >= 15 is 0 Å². The molecule has 0 bridgehead atoms. The van der Waals surface area contributed by atoms with E-state index in [1.165, 1.54) is 14.8 Å². The van der Waals surface area contributed by atoms with Crippen LogP contribution in [0.3, 0.4) is 0 Å². The van der Waals surface area contributed by atoms with Gasteiger partial charge in [-0.2, -0.15) is 8.61 Å². The van der Waals surface area contributed by atoms with Crippen molar-refractivity contribution in [2.75, 3.05) is 39.4 Å². The molecule has 0 unspecified atom stereocenters. The molecule has 11 heteroatoms. The summed E-state index contributed by atoms with van der Waals surface area (Å²) in [4.78, 5) is 6.97. The number of aromatic amines is 1. The quantitative estimate of drug-likeness (QED) is 0.755. The summed E-state index contributed by atoms with van der Waals surface area (Å²) in [5.74, 6) is 0.674. The molecule has 2 fully saturated rings. The minimum absolute atomic E-state index is 0.0191. The van der Waals surface area contributed by atoms with Crippen LogP contribution in [0, 0.1) is 0 Å². The molecule has 1 atom stereocenters. The van der Waals surface area contributed by atoms with Crippen LogP contribution in [0.15, 0.2) is 11.2 Å². The Balaban J connectivity index is 1.78. The number of sulfonamides is 2. The minimum atomic E-state index is -3.79. The van der Waals surface area contributed by atoms with Gasteiger partial charge in [0.25, 0.3) is 10.0 Å². The zero-order valence-electron chi connectivity index (χ0n) is 15.1. The fraction of sp³-hybridized carbons (Fsp3) is 0.800. The molecule has 0 saturated carbocycles. The van der Waals surface area contributed by atoms with Crippen LogP contribution < -0.4 is 0 Å². The summed E-state index contributed by atoms with van der Waals surface area (Å²) in [7, 11) is -7.34. The first-order chi connectivity index (χ1) is 12.2. The van der Waals surface area contributed by atoms with Gasteiger partial charge in [0.15, 0.2) is 5.03 Å². The highest BCUT2D eigenvalue weighted by Gasteiger charge is 2.40. The van der Waals surface area contributed by atoms with Gasteiger partial charge < -0.3 is 9.72 Å². The van der Waals surface area contributed by atoms with Gasteiger partial charge in [0.05, 0.1) is 24.7 Å². The van der Waals surface area contributed by atoms with E-state index in [1.54, 1.807) is 0 Å².